The first-order valence-electron chi connectivity index (χ1n) is 7.70. The fourth-order valence-corrected chi connectivity index (χ4v) is 3.44. The quantitative estimate of drug-likeness (QED) is 0.317. The number of ketones is 1. The minimum absolute atomic E-state index is 0.0647. The molecule has 0 amide bonds. The van der Waals surface area contributed by atoms with Crippen LogP contribution in [0.2, 0.25) is 10.0 Å². The van der Waals surface area contributed by atoms with Crippen LogP contribution in [-0.2, 0) is 22.0 Å². The van der Waals surface area contributed by atoms with Crippen molar-refractivity contribution >= 4 is 39.1 Å². The molecule has 1 aliphatic carbocycles. The first kappa shape index (κ1) is 24.4. The Balaban J connectivity index is 0.000000343. The van der Waals surface area contributed by atoms with Crippen LogP contribution in [-0.4, -0.2) is 30.4 Å². The number of hydrogen-bond donors (Lipinski definition) is 1. The normalized spacial score (nSPS) is 19.2. The van der Waals surface area contributed by atoms with Crippen molar-refractivity contribution < 1.29 is 44.1 Å². The summed E-state index contributed by atoms with van der Waals surface area (Å²) in [7, 11) is -5.84. The average Bonchev–Trinajstić information content (AvgIpc) is 2.87. The second-order valence-electron chi connectivity index (χ2n) is 6.15. The van der Waals surface area contributed by atoms with Crippen LogP contribution >= 0.6 is 23.2 Å². The lowest BCUT2D eigenvalue weighted by molar-refractivity contribution is -0.173. The van der Waals surface area contributed by atoms with E-state index in [1.54, 1.807) is 12.1 Å². The Labute approximate surface area is 176 Å². The summed E-state index contributed by atoms with van der Waals surface area (Å²) in [6.45, 7) is 0. The highest BCUT2D eigenvalue weighted by Gasteiger charge is 2.64. The van der Waals surface area contributed by atoms with Crippen LogP contribution in [0.25, 0.3) is 0 Å². The van der Waals surface area contributed by atoms with Crippen LogP contribution in [0.4, 0.5) is 26.3 Å². The van der Waals surface area contributed by atoms with Gasteiger partial charge in [0.2, 0.25) is 0 Å². The van der Waals surface area contributed by atoms with Crippen LogP contribution in [0, 0.1) is 0 Å². The van der Waals surface area contributed by atoms with Crippen LogP contribution in [0.1, 0.15) is 21.5 Å². The summed E-state index contributed by atoms with van der Waals surface area (Å²) in [6.07, 6.45) is -5.20. The number of hydrogen-bond acceptors (Lipinski definition) is 3. The van der Waals surface area contributed by atoms with Crippen molar-refractivity contribution in [2.24, 2.45) is 0 Å². The molecule has 0 bridgehead atoms. The highest BCUT2D eigenvalue weighted by atomic mass is 35.5. The van der Waals surface area contributed by atoms with E-state index in [1.165, 1.54) is 18.2 Å². The van der Waals surface area contributed by atoms with E-state index in [-0.39, 0.29) is 21.2 Å². The molecule has 30 heavy (non-hydrogen) atoms. The van der Waals surface area contributed by atoms with E-state index in [1.807, 2.05) is 0 Å². The van der Waals surface area contributed by atoms with Crippen LogP contribution in [0.3, 0.4) is 0 Å². The van der Waals surface area contributed by atoms with Gasteiger partial charge in [-0.15, -0.1) is 0 Å². The molecule has 1 aliphatic rings. The molecule has 0 saturated carbocycles. The molecule has 1 N–H and O–H groups in total. The monoisotopic (exact) mass is 494 g/mol. The molecule has 1 unspecified atom stereocenters. The number of halogens is 8. The zero-order valence-corrected chi connectivity index (χ0v) is 16.7. The molecule has 3 rings (SSSR count). The summed E-state index contributed by atoms with van der Waals surface area (Å²) in [5.74, 6) is -0.964. The molecule has 0 heterocycles. The summed E-state index contributed by atoms with van der Waals surface area (Å²) in [5.41, 5.74) is -7.92. The Bertz CT molecular complexity index is 1060. The van der Waals surface area contributed by atoms with E-state index in [9.17, 15) is 31.1 Å². The standard InChI is InChI=1S/C16H9Cl2F3O.CHF3O3S/c17-11-5-10(6-12(18)7-11)15(16(19,20)21)8-9-3-1-2-4-13(9)14(15)22;2-1(3,4)8(5,6)7/h1-7H,8H2;(H,5,6,7). The second-order valence-corrected chi connectivity index (χ2v) is 8.43. The van der Waals surface area contributed by atoms with Gasteiger partial charge in [0, 0.05) is 15.6 Å². The van der Waals surface area contributed by atoms with E-state index in [2.05, 4.69) is 0 Å². The molecule has 0 radical (unpaired) electrons. The molecule has 0 fully saturated rings. The van der Waals surface area contributed by atoms with Crippen LogP contribution in [0.5, 0.6) is 0 Å². The molecule has 164 valence electrons. The smallest absolute Gasteiger partial charge is 0.293 e. The minimum atomic E-state index is -5.84. The third-order valence-electron chi connectivity index (χ3n) is 4.24. The van der Waals surface area contributed by atoms with Gasteiger partial charge in [0.15, 0.2) is 11.2 Å². The van der Waals surface area contributed by atoms with Gasteiger partial charge >= 0.3 is 21.8 Å². The van der Waals surface area contributed by atoms with Crippen LogP contribution in [0.15, 0.2) is 42.5 Å². The van der Waals surface area contributed by atoms with Crippen molar-refractivity contribution in [1.82, 2.24) is 0 Å². The van der Waals surface area contributed by atoms with E-state index >= 15 is 0 Å². The van der Waals surface area contributed by atoms with Crippen LogP contribution < -0.4 is 0 Å². The molecule has 0 aliphatic heterocycles. The summed E-state index contributed by atoms with van der Waals surface area (Å²) in [6, 6.07) is 9.76. The molecule has 2 aromatic rings. The zero-order valence-electron chi connectivity index (χ0n) is 14.4. The number of rotatable bonds is 1. The minimum Gasteiger partial charge on any atom is -0.293 e. The highest BCUT2D eigenvalue weighted by Crippen LogP contribution is 2.51. The van der Waals surface area contributed by atoms with Crippen molar-refractivity contribution in [1.29, 1.82) is 0 Å². The van der Waals surface area contributed by atoms with E-state index < -0.39 is 39.4 Å². The topological polar surface area (TPSA) is 71.4 Å². The van der Waals surface area contributed by atoms with Gasteiger partial charge in [-0.2, -0.15) is 34.8 Å². The first-order chi connectivity index (χ1) is 13.5. The van der Waals surface area contributed by atoms with E-state index in [4.69, 9.17) is 36.2 Å². The fourth-order valence-electron chi connectivity index (χ4n) is 2.92. The molecule has 13 heteroatoms. The molecular formula is C17H10Cl2F6O4S. The number of fused-ring (bicyclic) bond motifs is 1. The van der Waals surface area contributed by atoms with Crippen molar-refractivity contribution in [3.63, 3.8) is 0 Å². The number of alkyl halides is 6. The summed E-state index contributed by atoms with van der Waals surface area (Å²) in [5, 5.41) is 0.129. The molecule has 2 aromatic carbocycles. The lowest BCUT2D eigenvalue weighted by atomic mass is 9.76. The predicted molar refractivity (Wildman–Crippen MR) is 96.3 cm³/mol. The fraction of sp³-hybridized carbons (Fsp3) is 0.235. The van der Waals surface area contributed by atoms with Crippen molar-refractivity contribution in [2.75, 3.05) is 0 Å². The molecular weight excluding hydrogens is 485 g/mol. The van der Waals surface area contributed by atoms with E-state index in [0.717, 1.165) is 12.1 Å². The zero-order chi connectivity index (χ0) is 23.1. The lowest BCUT2D eigenvalue weighted by Crippen LogP contribution is -2.47. The maximum Gasteiger partial charge on any atom is 0.522 e. The maximum absolute atomic E-state index is 13.9. The van der Waals surface area contributed by atoms with Gasteiger partial charge in [-0.1, -0.05) is 47.5 Å². The Morgan fingerprint density at radius 2 is 1.40 bits per heavy atom. The van der Waals surface area contributed by atoms with Crippen molar-refractivity contribution in [2.45, 2.75) is 23.5 Å². The van der Waals surface area contributed by atoms with Gasteiger partial charge in [-0.3, -0.25) is 9.35 Å². The molecule has 0 saturated heterocycles. The number of carbonyl (C=O) groups is 1. The first-order valence-corrected chi connectivity index (χ1v) is 9.90. The van der Waals surface area contributed by atoms with Gasteiger partial charge in [0.05, 0.1) is 0 Å². The molecule has 1 atom stereocenters. The van der Waals surface area contributed by atoms with Gasteiger partial charge in [0.1, 0.15) is 0 Å². The average molecular weight is 495 g/mol. The third kappa shape index (κ3) is 4.58. The maximum atomic E-state index is 13.9. The highest BCUT2D eigenvalue weighted by molar-refractivity contribution is 7.86. The number of benzene rings is 2. The molecule has 4 nitrogen and oxygen atoms in total. The van der Waals surface area contributed by atoms with Gasteiger partial charge in [0.25, 0.3) is 0 Å². The predicted octanol–water partition coefficient (Wildman–Crippen LogP) is 5.63. The lowest BCUT2D eigenvalue weighted by Gasteiger charge is -2.30. The van der Waals surface area contributed by atoms with Gasteiger partial charge in [-0.25, -0.2) is 0 Å². The second kappa shape index (κ2) is 8.03. The largest absolute Gasteiger partial charge is 0.522 e. The van der Waals surface area contributed by atoms with Gasteiger partial charge < -0.3 is 0 Å². The Kier molecular flexibility index (Phi) is 6.54. The Morgan fingerprint density at radius 3 is 1.80 bits per heavy atom. The van der Waals surface area contributed by atoms with E-state index in [0.29, 0.717) is 5.56 Å². The Morgan fingerprint density at radius 1 is 0.933 bits per heavy atom. The SMILES string of the molecule is O=C1c2ccccc2CC1(c1cc(Cl)cc(Cl)c1)C(F)(F)F.O=S(=O)(O)C(F)(F)F. The number of carbonyl (C=O) groups excluding carboxylic acids is 1. The Hall–Kier alpha value is -1.82. The summed E-state index contributed by atoms with van der Waals surface area (Å²) >= 11 is 11.7. The van der Waals surface area contributed by atoms with Gasteiger partial charge in [-0.05, 0) is 35.7 Å². The number of Topliss-reactive ketones (excluding diaryl/α,β-unsaturated/α-hetero) is 1. The van der Waals surface area contributed by atoms with Crippen molar-refractivity contribution in [3.05, 3.63) is 69.2 Å². The summed E-state index contributed by atoms with van der Waals surface area (Å²) < 4.78 is 99.2. The molecule has 0 spiro atoms. The third-order valence-corrected chi connectivity index (χ3v) is 5.26. The van der Waals surface area contributed by atoms with Crippen molar-refractivity contribution in [3.8, 4) is 0 Å². The molecule has 0 aromatic heterocycles. The summed E-state index contributed by atoms with van der Waals surface area (Å²) in [4.78, 5) is 12.6.